The summed E-state index contributed by atoms with van der Waals surface area (Å²) < 4.78 is -0.587. The summed E-state index contributed by atoms with van der Waals surface area (Å²) in [5.74, 6) is -1.12. The first kappa shape index (κ1) is 24.1. The van der Waals surface area contributed by atoms with Gasteiger partial charge in [0.2, 0.25) is 17.7 Å². The van der Waals surface area contributed by atoms with Gasteiger partial charge in [-0.2, -0.15) is 0 Å². The Morgan fingerprint density at radius 3 is 2.64 bits per heavy atom. The van der Waals surface area contributed by atoms with Crippen LogP contribution in [0.2, 0.25) is 0 Å². The van der Waals surface area contributed by atoms with E-state index < -0.39 is 22.6 Å². The third-order valence-electron chi connectivity index (χ3n) is 7.47. The zero-order valence-corrected chi connectivity index (χ0v) is 20.3. The van der Waals surface area contributed by atoms with Crippen LogP contribution in [0.25, 0.3) is 0 Å². The molecule has 33 heavy (non-hydrogen) atoms. The topological polar surface area (TPSA) is 98.7 Å². The average molecular weight is 474 g/mol. The minimum atomic E-state index is -0.587. The van der Waals surface area contributed by atoms with Gasteiger partial charge in [-0.1, -0.05) is 38.5 Å². The second-order valence-electron chi connectivity index (χ2n) is 9.51. The molecule has 3 heterocycles. The lowest BCUT2D eigenvalue weighted by molar-refractivity contribution is -0.139. The van der Waals surface area contributed by atoms with E-state index in [1.807, 2.05) is 30.3 Å². The molecule has 0 aliphatic carbocycles. The molecule has 1 aromatic rings. The predicted octanol–water partition coefficient (Wildman–Crippen LogP) is 2.65. The summed E-state index contributed by atoms with van der Waals surface area (Å²) in [6, 6.07) is 8.75. The van der Waals surface area contributed by atoms with Gasteiger partial charge in [0.05, 0.1) is 16.6 Å². The smallest absolute Gasteiger partial charge is 0.244 e. The van der Waals surface area contributed by atoms with Crippen LogP contribution >= 0.6 is 11.8 Å². The van der Waals surface area contributed by atoms with Crippen LogP contribution in [0.4, 0.5) is 5.69 Å². The van der Waals surface area contributed by atoms with Gasteiger partial charge in [-0.15, -0.1) is 11.8 Å². The Hall–Kier alpha value is -2.06. The van der Waals surface area contributed by atoms with Crippen molar-refractivity contribution in [2.24, 2.45) is 17.8 Å². The lowest BCUT2D eigenvalue weighted by Crippen LogP contribution is -2.56. The molecule has 7 nitrogen and oxygen atoms in total. The zero-order valence-electron chi connectivity index (χ0n) is 19.5. The highest BCUT2D eigenvalue weighted by Crippen LogP contribution is 2.68. The average Bonchev–Trinajstić information content (AvgIpc) is 3.39. The summed E-state index contributed by atoms with van der Waals surface area (Å²) in [5, 5.41) is 15.4. The van der Waals surface area contributed by atoms with E-state index in [-0.39, 0.29) is 35.5 Å². The quantitative estimate of drug-likeness (QED) is 0.454. The Bertz CT molecular complexity index is 882. The van der Waals surface area contributed by atoms with Crippen molar-refractivity contribution in [3.05, 3.63) is 30.3 Å². The van der Waals surface area contributed by atoms with E-state index in [4.69, 9.17) is 0 Å². The summed E-state index contributed by atoms with van der Waals surface area (Å²) in [4.78, 5) is 42.4. The lowest BCUT2D eigenvalue weighted by Gasteiger charge is -2.38. The van der Waals surface area contributed by atoms with Crippen LogP contribution in [0.5, 0.6) is 0 Å². The van der Waals surface area contributed by atoms with Crippen LogP contribution in [0, 0.1) is 17.8 Å². The number of carbonyl (C=O) groups is 3. The maximum atomic E-state index is 13.8. The molecule has 3 aliphatic heterocycles. The van der Waals surface area contributed by atoms with Gasteiger partial charge in [0, 0.05) is 30.6 Å². The number of anilines is 1. The van der Waals surface area contributed by atoms with Crippen molar-refractivity contribution in [2.45, 2.75) is 62.0 Å². The van der Waals surface area contributed by atoms with Crippen LogP contribution in [-0.2, 0) is 14.4 Å². The second kappa shape index (κ2) is 10.1. The standard InChI is InChI=1S/C25H35N3O4S/c1-3-4-12-26-23(31)21-25-16(2)15-18(33-25)19(22(30)27-17-10-6-5-7-11-17)20(25)24(32)28(21)13-8-9-14-29/h5-7,10-11,16,18-21,29H,3-4,8-9,12-15H2,1-2H3,(H,26,31)(H,27,30)/t16?,18-,19+,20-,21?,25?/m0/s1. The Kier molecular flexibility index (Phi) is 7.34. The lowest BCUT2D eigenvalue weighted by atomic mass is 9.66. The van der Waals surface area contributed by atoms with Crippen molar-refractivity contribution in [3.8, 4) is 0 Å². The summed E-state index contributed by atoms with van der Waals surface area (Å²) in [6.45, 7) is 5.27. The summed E-state index contributed by atoms with van der Waals surface area (Å²) in [5.41, 5.74) is 0.719. The molecule has 1 aromatic carbocycles. The van der Waals surface area contributed by atoms with E-state index >= 15 is 0 Å². The number of benzene rings is 1. The van der Waals surface area contributed by atoms with Crippen molar-refractivity contribution in [1.82, 2.24) is 10.2 Å². The van der Waals surface area contributed by atoms with Crippen molar-refractivity contribution in [1.29, 1.82) is 0 Å². The highest BCUT2D eigenvalue weighted by atomic mass is 32.2. The molecule has 180 valence electrons. The van der Waals surface area contributed by atoms with Gasteiger partial charge in [-0.05, 0) is 43.7 Å². The van der Waals surface area contributed by atoms with Crippen LogP contribution in [0.3, 0.4) is 0 Å². The van der Waals surface area contributed by atoms with Crippen molar-refractivity contribution < 1.29 is 19.5 Å². The van der Waals surface area contributed by atoms with Gasteiger partial charge in [0.25, 0.3) is 0 Å². The molecule has 2 bridgehead atoms. The monoisotopic (exact) mass is 473 g/mol. The molecule has 1 spiro atoms. The Balaban J connectivity index is 1.64. The number of hydrogen-bond donors (Lipinski definition) is 3. The van der Waals surface area contributed by atoms with Crippen LogP contribution < -0.4 is 10.6 Å². The first-order chi connectivity index (χ1) is 16.0. The first-order valence-electron chi connectivity index (χ1n) is 12.2. The van der Waals surface area contributed by atoms with Gasteiger partial charge < -0.3 is 20.6 Å². The number of carbonyl (C=O) groups excluding carboxylic acids is 3. The second-order valence-corrected chi connectivity index (χ2v) is 11.1. The molecular weight excluding hydrogens is 438 g/mol. The van der Waals surface area contributed by atoms with E-state index in [9.17, 15) is 19.5 Å². The van der Waals surface area contributed by atoms with E-state index in [2.05, 4.69) is 24.5 Å². The highest BCUT2D eigenvalue weighted by molar-refractivity contribution is 8.02. The van der Waals surface area contributed by atoms with E-state index in [0.717, 1.165) is 24.9 Å². The molecular formula is C25H35N3O4S. The third-order valence-corrected chi connectivity index (χ3v) is 9.55. The first-order valence-corrected chi connectivity index (χ1v) is 13.1. The number of hydrogen-bond acceptors (Lipinski definition) is 5. The molecule has 6 atom stereocenters. The summed E-state index contributed by atoms with van der Waals surface area (Å²) in [6.07, 6.45) is 3.90. The Morgan fingerprint density at radius 1 is 1.18 bits per heavy atom. The molecule has 3 unspecified atom stereocenters. The molecule has 3 fully saturated rings. The molecule has 0 saturated carbocycles. The third kappa shape index (κ3) is 4.16. The molecule has 8 heteroatoms. The molecule has 3 N–H and O–H groups in total. The number of likely N-dealkylation sites (tertiary alicyclic amines) is 1. The maximum absolute atomic E-state index is 13.8. The largest absolute Gasteiger partial charge is 0.396 e. The van der Waals surface area contributed by atoms with Crippen LogP contribution in [0.15, 0.2) is 30.3 Å². The van der Waals surface area contributed by atoms with Crippen molar-refractivity contribution in [2.75, 3.05) is 25.0 Å². The minimum Gasteiger partial charge on any atom is -0.396 e. The fourth-order valence-corrected chi connectivity index (χ4v) is 8.41. The number of fused-ring (bicyclic) bond motifs is 1. The van der Waals surface area contributed by atoms with Gasteiger partial charge in [0.1, 0.15) is 6.04 Å². The van der Waals surface area contributed by atoms with Crippen molar-refractivity contribution >= 4 is 35.2 Å². The normalized spacial score (nSPS) is 32.2. The Labute approximate surface area is 200 Å². The van der Waals surface area contributed by atoms with E-state index in [1.54, 1.807) is 16.7 Å². The molecule has 3 aliphatic rings. The number of thioether (sulfide) groups is 1. The molecule has 0 radical (unpaired) electrons. The summed E-state index contributed by atoms with van der Waals surface area (Å²) >= 11 is 1.69. The molecule has 0 aromatic heterocycles. The predicted molar refractivity (Wildman–Crippen MR) is 130 cm³/mol. The fraction of sp³-hybridized carbons (Fsp3) is 0.640. The van der Waals surface area contributed by atoms with Crippen LogP contribution in [0.1, 0.15) is 46.0 Å². The highest BCUT2D eigenvalue weighted by Gasteiger charge is 2.75. The molecule has 3 saturated heterocycles. The maximum Gasteiger partial charge on any atom is 0.244 e. The number of amides is 3. The number of aliphatic hydroxyl groups is 1. The van der Waals surface area contributed by atoms with Gasteiger partial charge >= 0.3 is 0 Å². The van der Waals surface area contributed by atoms with E-state index in [1.165, 1.54) is 0 Å². The number of nitrogens with one attached hydrogen (secondary N) is 2. The van der Waals surface area contributed by atoms with E-state index in [0.29, 0.717) is 25.9 Å². The number of aliphatic hydroxyl groups excluding tert-OH is 1. The van der Waals surface area contributed by atoms with Gasteiger partial charge in [-0.25, -0.2) is 0 Å². The SMILES string of the molecule is CCCCNC(=O)C1N(CCCCO)C(=O)[C@@H]2[C@H](C(=O)Nc3ccccc3)[C@@H]3CC(C)C12S3. The number of nitrogens with zero attached hydrogens (tertiary/aromatic N) is 1. The summed E-state index contributed by atoms with van der Waals surface area (Å²) in [7, 11) is 0. The molecule has 3 amide bonds. The number of para-hydroxylation sites is 1. The number of rotatable bonds is 10. The van der Waals surface area contributed by atoms with Crippen molar-refractivity contribution in [3.63, 3.8) is 0 Å². The zero-order chi connectivity index (χ0) is 23.6. The fourth-order valence-electron chi connectivity index (χ4n) is 5.99. The van der Waals surface area contributed by atoms with Gasteiger partial charge in [0.15, 0.2) is 0 Å². The van der Waals surface area contributed by atoms with Crippen LogP contribution in [-0.4, -0.2) is 63.5 Å². The molecule has 4 rings (SSSR count). The Morgan fingerprint density at radius 2 is 1.94 bits per heavy atom. The minimum absolute atomic E-state index is 0.0307. The van der Waals surface area contributed by atoms with Gasteiger partial charge in [-0.3, -0.25) is 14.4 Å². The number of unbranched alkanes of at least 4 members (excludes halogenated alkanes) is 2.